The fraction of sp³-hybridized carbons (Fsp3) is 0.188. The van der Waals surface area contributed by atoms with Crippen molar-refractivity contribution in [3.8, 4) is 0 Å². The minimum atomic E-state index is -0.599. The number of ether oxygens (including phenoxy) is 1. The number of aromatic nitrogens is 3. The molecule has 0 atom stereocenters. The number of carbonyl (C=O) groups is 2. The molecule has 0 radical (unpaired) electrons. The number of thiophene rings is 1. The number of nitrogens with zero attached hydrogens (tertiary/aromatic N) is 3. The van der Waals surface area contributed by atoms with Crippen LogP contribution in [-0.2, 0) is 16.3 Å². The Morgan fingerprint density at radius 1 is 1.16 bits per heavy atom. The van der Waals surface area contributed by atoms with Gasteiger partial charge >= 0.3 is 5.97 Å². The number of rotatable bonds is 6. The van der Waals surface area contributed by atoms with Crippen LogP contribution in [0.2, 0.25) is 4.34 Å². The average molecular weight is 378 g/mol. The largest absolute Gasteiger partial charge is 0.442 e. The summed E-state index contributed by atoms with van der Waals surface area (Å²) in [5.41, 5.74) is 0.0676. The zero-order valence-corrected chi connectivity index (χ0v) is 14.4. The Kier molecular flexibility index (Phi) is 5.20. The minimum Gasteiger partial charge on any atom is -0.442 e. The first kappa shape index (κ1) is 17.2. The molecule has 0 saturated carbocycles. The van der Waals surface area contributed by atoms with Gasteiger partial charge in [-0.25, -0.2) is 0 Å². The van der Waals surface area contributed by atoms with E-state index in [2.05, 4.69) is 10.3 Å². The molecule has 7 nitrogen and oxygen atoms in total. The highest BCUT2D eigenvalue weighted by atomic mass is 35.5. The summed E-state index contributed by atoms with van der Waals surface area (Å²) in [6.07, 6.45) is -0.0852. The van der Waals surface area contributed by atoms with Crippen molar-refractivity contribution in [3.05, 3.63) is 56.0 Å². The molecule has 3 aromatic rings. The lowest BCUT2D eigenvalue weighted by Crippen LogP contribution is -2.26. The first-order chi connectivity index (χ1) is 12.0. The summed E-state index contributed by atoms with van der Waals surface area (Å²) in [7, 11) is 0. The third kappa shape index (κ3) is 4.09. The average Bonchev–Trinajstić information content (AvgIpc) is 3.06. The molecule has 2 heterocycles. The van der Waals surface area contributed by atoms with Crippen molar-refractivity contribution in [2.45, 2.75) is 19.6 Å². The van der Waals surface area contributed by atoms with Gasteiger partial charge in [0.25, 0.3) is 5.56 Å². The summed E-state index contributed by atoms with van der Waals surface area (Å²) in [6.45, 7) is -0.353. The maximum Gasteiger partial charge on any atom is 0.308 e. The van der Waals surface area contributed by atoms with E-state index in [0.29, 0.717) is 20.1 Å². The molecule has 9 heteroatoms. The highest BCUT2D eigenvalue weighted by molar-refractivity contribution is 7.18. The van der Waals surface area contributed by atoms with Crippen LogP contribution < -0.4 is 5.56 Å². The summed E-state index contributed by atoms with van der Waals surface area (Å²) in [4.78, 5) is 36.4. The van der Waals surface area contributed by atoms with Gasteiger partial charge in [-0.1, -0.05) is 28.9 Å². The van der Waals surface area contributed by atoms with E-state index in [1.807, 2.05) is 0 Å². The van der Waals surface area contributed by atoms with Crippen LogP contribution in [0.1, 0.15) is 22.5 Å². The first-order valence-corrected chi connectivity index (χ1v) is 8.51. The van der Waals surface area contributed by atoms with Crippen LogP contribution in [0.3, 0.4) is 0 Å². The molecule has 0 N–H and O–H groups in total. The normalized spacial score (nSPS) is 10.8. The number of hydrogen-bond donors (Lipinski definition) is 0. The lowest BCUT2D eigenvalue weighted by atomic mass is 10.2. The van der Waals surface area contributed by atoms with E-state index in [1.54, 1.807) is 36.4 Å². The number of carbonyl (C=O) groups excluding carboxylic acids is 2. The van der Waals surface area contributed by atoms with E-state index in [0.717, 1.165) is 16.0 Å². The fourth-order valence-corrected chi connectivity index (χ4v) is 3.13. The second kappa shape index (κ2) is 7.54. The van der Waals surface area contributed by atoms with Crippen LogP contribution >= 0.6 is 22.9 Å². The van der Waals surface area contributed by atoms with Crippen LogP contribution in [-0.4, -0.2) is 26.7 Å². The Bertz CT molecular complexity index is 998. The molecule has 0 aliphatic heterocycles. The third-order valence-corrected chi connectivity index (χ3v) is 4.65. The van der Waals surface area contributed by atoms with Crippen molar-refractivity contribution in [2.24, 2.45) is 0 Å². The van der Waals surface area contributed by atoms with Crippen molar-refractivity contribution >= 4 is 45.6 Å². The molecule has 3 rings (SSSR count). The standard InChI is InChI=1S/C16H12ClN3O4S/c17-14-7-6-13(25-14)12(21)5-8-15(22)24-9-20-16(23)10-3-1-2-4-11(10)18-19-20/h1-4,6-7H,5,8-9H2. The molecule has 0 bridgehead atoms. The predicted molar refractivity (Wildman–Crippen MR) is 92.8 cm³/mol. The number of hydrogen-bond acceptors (Lipinski definition) is 7. The lowest BCUT2D eigenvalue weighted by molar-refractivity contribution is -0.148. The SMILES string of the molecule is O=C(CCC(=O)c1ccc(Cl)s1)OCn1nnc2ccccc2c1=O. The predicted octanol–water partition coefficient (Wildman–Crippen LogP) is 2.67. The number of fused-ring (bicyclic) bond motifs is 1. The molecule has 0 aliphatic carbocycles. The molecule has 1 aromatic carbocycles. The van der Waals surface area contributed by atoms with E-state index in [4.69, 9.17) is 16.3 Å². The Labute approximate surface area is 150 Å². The van der Waals surface area contributed by atoms with Crippen molar-refractivity contribution in [2.75, 3.05) is 0 Å². The van der Waals surface area contributed by atoms with Gasteiger partial charge in [-0.15, -0.1) is 16.4 Å². The van der Waals surface area contributed by atoms with E-state index in [1.165, 1.54) is 0 Å². The summed E-state index contributed by atoms with van der Waals surface area (Å²) in [5.74, 6) is -0.783. The quantitative estimate of drug-likeness (QED) is 0.484. The molecule has 0 amide bonds. The van der Waals surface area contributed by atoms with E-state index in [9.17, 15) is 14.4 Å². The molecule has 25 heavy (non-hydrogen) atoms. The second-order valence-electron chi connectivity index (χ2n) is 5.08. The minimum absolute atomic E-state index is 0.00791. The molecule has 0 unspecified atom stereocenters. The molecular weight excluding hydrogens is 366 g/mol. The van der Waals surface area contributed by atoms with Gasteiger partial charge < -0.3 is 4.74 Å². The highest BCUT2D eigenvalue weighted by Crippen LogP contribution is 2.22. The number of ketones is 1. The van der Waals surface area contributed by atoms with Gasteiger partial charge in [0, 0.05) is 6.42 Å². The first-order valence-electron chi connectivity index (χ1n) is 7.31. The van der Waals surface area contributed by atoms with Crippen LogP contribution in [0.25, 0.3) is 10.9 Å². The van der Waals surface area contributed by atoms with Crippen LogP contribution in [0, 0.1) is 0 Å². The van der Waals surface area contributed by atoms with Crippen molar-refractivity contribution in [3.63, 3.8) is 0 Å². The number of esters is 1. The van der Waals surface area contributed by atoms with E-state index < -0.39 is 11.5 Å². The maximum atomic E-state index is 12.2. The number of Topliss-reactive ketones (excluding diaryl/α,β-unsaturated/α-hetero) is 1. The Morgan fingerprint density at radius 2 is 1.96 bits per heavy atom. The van der Waals surface area contributed by atoms with E-state index in [-0.39, 0.29) is 25.4 Å². The molecule has 128 valence electrons. The maximum absolute atomic E-state index is 12.2. The zero-order chi connectivity index (χ0) is 17.8. The molecular formula is C16H12ClN3O4S. The summed E-state index contributed by atoms with van der Waals surface area (Å²) in [5, 5.41) is 8.00. The second-order valence-corrected chi connectivity index (χ2v) is 6.80. The van der Waals surface area contributed by atoms with Gasteiger partial charge in [0.15, 0.2) is 12.5 Å². The van der Waals surface area contributed by atoms with Gasteiger partial charge in [0.2, 0.25) is 0 Å². The molecule has 0 saturated heterocycles. The lowest BCUT2D eigenvalue weighted by Gasteiger charge is -2.06. The van der Waals surface area contributed by atoms with Gasteiger partial charge in [0.1, 0.15) is 5.52 Å². The van der Waals surface area contributed by atoms with Crippen molar-refractivity contribution < 1.29 is 14.3 Å². The van der Waals surface area contributed by atoms with Crippen LogP contribution in [0.4, 0.5) is 0 Å². The molecule has 0 spiro atoms. The van der Waals surface area contributed by atoms with Crippen molar-refractivity contribution in [1.29, 1.82) is 0 Å². The zero-order valence-electron chi connectivity index (χ0n) is 12.8. The molecule has 0 fully saturated rings. The van der Waals surface area contributed by atoms with Crippen LogP contribution in [0.15, 0.2) is 41.2 Å². The summed E-state index contributed by atoms with van der Waals surface area (Å²) >= 11 is 6.93. The Morgan fingerprint density at radius 3 is 2.72 bits per heavy atom. The smallest absolute Gasteiger partial charge is 0.308 e. The number of benzene rings is 1. The summed E-state index contributed by atoms with van der Waals surface area (Å²) < 4.78 is 6.47. The summed E-state index contributed by atoms with van der Waals surface area (Å²) in [6, 6.07) is 9.99. The number of halogens is 1. The molecule has 2 aromatic heterocycles. The van der Waals surface area contributed by atoms with Gasteiger partial charge in [-0.2, -0.15) is 4.68 Å². The third-order valence-electron chi connectivity index (χ3n) is 3.38. The Balaban J connectivity index is 1.56. The van der Waals surface area contributed by atoms with Gasteiger partial charge in [-0.05, 0) is 24.3 Å². The van der Waals surface area contributed by atoms with E-state index >= 15 is 0 Å². The fourth-order valence-electron chi connectivity index (χ4n) is 2.12. The monoisotopic (exact) mass is 377 g/mol. The van der Waals surface area contributed by atoms with Gasteiger partial charge in [0.05, 0.1) is 21.0 Å². The van der Waals surface area contributed by atoms with Gasteiger partial charge in [-0.3, -0.25) is 14.4 Å². The van der Waals surface area contributed by atoms with Crippen molar-refractivity contribution in [1.82, 2.24) is 15.0 Å². The Hall–Kier alpha value is -2.58. The highest BCUT2D eigenvalue weighted by Gasteiger charge is 2.13. The van der Waals surface area contributed by atoms with Crippen LogP contribution in [0.5, 0.6) is 0 Å². The molecule has 0 aliphatic rings. The topological polar surface area (TPSA) is 91.2 Å².